The van der Waals surface area contributed by atoms with Crippen LogP contribution in [-0.2, 0) is 4.79 Å². The van der Waals surface area contributed by atoms with Crippen molar-refractivity contribution in [3.63, 3.8) is 0 Å². The molecule has 0 unspecified atom stereocenters. The highest BCUT2D eigenvalue weighted by molar-refractivity contribution is 5.82. The lowest BCUT2D eigenvalue weighted by Crippen LogP contribution is -2.48. The largest absolute Gasteiger partial charge is 0.480 e. The molecule has 0 bridgehead atoms. The molecule has 5 heteroatoms. The van der Waals surface area contributed by atoms with Gasteiger partial charge in [-0.3, -0.25) is 0 Å². The molecule has 1 saturated carbocycles. The lowest BCUT2D eigenvalue weighted by atomic mass is 9.89. The Balaban J connectivity index is 2.33. The topological polar surface area (TPSA) is 78.4 Å². The molecule has 0 aromatic carbocycles. The fourth-order valence-corrected chi connectivity index (χ4v) is 2.45. The number of carbonyl (C=O) groups is 2. The smallest absolute Gasteiger partial charge is 0.326 e. The van der Waals surface area contributed by atoms with Crippen LogP contribution in [0.25, 0.3) is 0 Å². The van der Waals surface area contributed by atoms with E-state index in [1.807, 2.05) is 6.92 Å². The normalized spacial score (nSPS) is 19.2. The summed E-state index contributed by atoms with van der Waals surface area (Å²) in [5, 5.41) is 14.2. The van der Waals surface area contributed by atoms with Crippen LogP contribution in [0, 0.1) is 5.41 Å². The van der Waals surface area contributed by atoms with E-state index < -0.39 is 12.0 Å². The summed E-state index contributed by atoms with van der Waals surface area (Å²) in [6, 6.07) is -1.16. The van der Waals surface area contributed by atoms with Crippen LogP contribution in [0.3, 0.4) is 0 Å². The third-order valence-electron chi connectivity index (χ3n) is 3.67. The Morgan fingerprint density at radius 3 is 2.44 bits per heavy atom. The first-order chi connectivity index (χ1) is 8.47. The van der Waals surface area contributed by atoms with Crippen molar-refractivity contribution in [2.24, 2.45) is 5.41 Å². The first-order valence-electron chi connectivity index (χ1n) is 6.74. The van der Waals surface area contributed by atoms with E-state index in [0.717, 1.165) is 19.3 Å². The fourth-order valence-electron chi connectivity index (χ4n) is 2.45. The average molecular weight is 256 g/mol. The van der Waals surface area contributed by atoms with E-state index >= 15 is 0 Å². The maximum Gasteiger partial charge on any atom is 0.326 e. The van der Waals surface area contributed by atoms with Gasteiger partial charge < -0.3 is 15.7 Å². The average Bonchev–Trinajstić information content (AvgIpc) is 2.73. The molecule has 0 aromatic rings. The molecule has 3 N–H and O–H groups in total. The minimum Gasteiger partial charge on any atom is -0.480 e. The Morgan fingerprint density at radius 2 is 1.94 bits per heavy atom. The predicted molar refractivity (Wildman–Crippen MR) is 69.4 cm³/mol. The monoisotopic (exact) mass is 256 g/mol. The number of carboxylic acid groups (broad SMARTS) is 1. The third-order valence-corrected chi connectivity index (χ3v) is 3.67. The molecule has 0 heterocycles. The number of hydrogen-bond donors (Lipinski definition) is 3. The predicted octanol–water partition coefficient (Wildman–Crippen LogP) is 2.12. The third kappa shape index (κ3) is 4.55. The maximum absolute atomic E-state index is 11.6. The van der Waals surface area contributed by atoms with Gasteiger partial charge in [0.15, 0.2) is 0 Å². The highest BCUT2D eigenvalue weighted by atomic mass is 16.4. The van der Waals surface area contributed by atoms with Crippen molar-refractivity contribution >= 4 is 12.0 Å². The number of aliphatic carboxylic acids is 1. The Hall–Kier alpha value is -1.26. The van der Waals surface area contributed by atoms with E-state index in [1.54, 1.807) is 0 Å². The molecule has 2 amide bonds. The highest BCUT2D eigenvalue weighted by Gasteiger charge is 2.29. The summed E-state index contributed by atoms with van der Waals surface area (Å²) in [5.74, 6) is -0.973. The van der Waals surface area contributed by atoms with Crippen LogP contribution in [0.5, 0.6) is 0 Å². The van der Waals surface area contributed by atoms with Crippen molar-refractivity contribution in [1.29, 1.82) is 0 Å². The van der Waals surface area contributed by atoms with Gasteiger partial charge in [-0.25, -0.2) is 9.59 Å². The SMILES string of the molecule is CCC[C@H](NC(=O)NCC1(C)CCCC1)C(=O)O. The standard InChI is InChI=1S/C13H24N2O3/c1-3-6-10(11(16)17)15-12(18)14-9-13(2)7-4-5-8-13/h10H,3-9H2,1-2H3,(H,16,17)(H2,14,15,18)/t10-/m0/s1. The first-order valence-corrected chi connectivity index (χ1v) is 6.74. The summed E-state index contributed by atoms with van der Waals surface area (Å²) >= 11 is 0. The molecule has 0 saturated heterocycles. The van der Waals surface area contributed by atoms with E-state index in [0.29, 0.717) is 13.0 Å². The van der Waals surface area contributed by atoms with E-state index in [2.05, 4.69) is 17.6 Å². The molecule has 5 nitrogen and oxygen atoms in total. The van der Waals surface area contributed by atoms with Crippen LogP contribution in [0.2, 0.25) is 0 Å². The molecule has 0 aliphatic heterocycles. The van der Waals surface area contributed by atoms with Crippen LogP contribution >= 0.6 is 0 Å². The second-order valence-corrected chi connectivity index (χ2v) is 5.52. The molecular weight excluding hydrogens is 232 g/mol. The first kappa shape index (κ1) is 14.8. The Labute approximate surface area is 108 Å². The van der Waals surface area contributed by atoms with Crippen molar-refractivity contribution in [3.8, 4) is 0 Å². The Bertz CT molecular complexity index is 299. The molecule has 1 aliphatic rings. The molecule has 1 atom stereocenters. The number of amides is 2. The van der Waals surface area contributed by atoms with Gasteiger partial charge in [0.25, 0.3) is 0 Å². The van der Waals surface area contributed by atoms with E-state index in [-0.39, 0.29) is 11.4 Å². The summed E-state index contributed by atoms with van der Waals surface area (Å²) in [6.07, 6.45) is 5.88. The number of rotatable bonds is 6. The van der Waals surface area contributed by atoms with Gasteiger partial charge in [0.1, 0.15) is 6.04 Å². The number of urea groups is 1. The minimum absolute atomic E-state index is 0.181. The van der Waals surface area contributed by atoms with Gasteiger partial charge in [0, 0.05) is 6.54 Å². The van der Waals surface area contributed by atoms with Gasteiger partial charge in [0.2, 0.25) is 0 Å². The van der Waals surface area contributed by atoms with Gasteiger partial charge in [-0.2, -0.15) is 0 Å². The number of hydrogen-bond acceptors (Lipinski definition) is 2. The molecule has 0 radical (unpaired) electrons. The van der Waals surface area contributed by atoms with Crippen LogP contribution in [-0.4, -0.2) is 29.7 Å². The van der Waals surface area contributed by atoms with Crippen LogP contribution in [0.15, 0.2) is 0 Å². The van der Waals surface area contributed by atoms with E-state index in [4.69, 9.17) is 5.11 Å². The zero-order valence-electron chi connectivity index (χ0n) is 11.3. The zero-order valence-corrected chi connectivity index (χ0v) is 11.3. The van der Waals surface area contributed by atoms with E-state index in [1.165, 1.54) is 12.8 Å². The fraction of sp³-hybridized carbons (Fsp3) is 0.846. The molecule has 18 heavy (non-hydrogen) atoms. The summed E-state index contributed by atoms with van der Waals surface area (Å²) < 4.78 is 0. The van der Waals surface area contributed by atoms with Gasteiger partial charge in [-0.1, -0.05) is 33.1 Å². The van der Waals surface area contributed by atoms with Crippen LogP contribution < -0.4 is 10.6 Å². The van der Waals surface area contributed by atoms with Crippen LogP contribution in [0.1, 0.15) is 52.4 Å². The second kappa shape index (κ2) is 6.61. The molecule has 104 valence electrons. The van der Waals surface area contributed by atoms with Gasteiger partial charge in [-0.05, 0) is 24.7 Å². The van der Waals surface area contributed by atoms with Crippen LogP contribution in [0.4, 0.5) is 4.79 Å². The number of carbonyl (C=O) groups excluding carboxylic acids is 1. The summed E-state index contributed by atoms with van der Waals surface area (Å²) in [5.41, 5.74) is 0.181. The molecule has 1 fully saturated rings. The number of carboxylic acids is 1. The Morgan fingerprint density at radius 1 is 1.33 bits per heavy atom. The lowest BCUT2D eigenvalue weighted by molar-refractivity contribution is -0.139. The molecule has 0 spiro atoms. The van der Waals surface area contributed by atoms with Gasteiger partial charge in [-0.15, -0.1) is 0 Å². The molecular formula is C13H24N2O3. The summed E-state index contributed by atoms with van der Waals surface area (Å²) in [6.45, 7) is 4.69. The van der Waals surface area contributed by atoms with Crippen molar-refractivity contribution in [2.75, 3.05) is 6.54 Å². The second-order valence-electron chi connectivity index (χ2n) is 5.52. The molecule has 1 aliphatic carbocycles. The number of nitrogens with one attached hydrogen (secondary N) is 2. The van der Waals surface area contributed by atoms with Gasteiger partial charge >= 0.3 is 12.0 Å². The highest BCUT2D eigenvalue weighted by Crippen LogP contribution is 2.36. The van der Waals surface area contributed by atoms with Crippen molar-refractivity contribution in [3.05, 3.63) is 0 Å². The van der Waals surface area contributed by atoms with Gasteiger partial charge in [0.05, 0.1) is 0 Å². The van der Waals surface area contributed by atoms with E-state index in [9.17, 15) is 9.59 Å². The van der Waals surface area contributed by atoms with Crippen molar-refractivity contribution in [2.45, 2.75) is 58.4 Å². The summed E-state index contributed by atoms with van der Waals surface area (Å²) in [4.78, 5) is 22.6. The zero-order chi connectivity index (χ0) is 13.6. The summed E-state index contributed by atoms with van der Waals surface area (Å²) in [7, 11) is 0. The molecule has 0 aromatic heterocycles. The minimum atomic E-state index is -0.973. The van der Waals surface area contributed by atoms with Crippen molar-refractivity contribution < 1.29 is 14.7 Å². The lowest BCUT2D eigenvalue weighted by Gasteiger charge is -2.24. The quantitative estimate of drug-likeness (QED) is 0.681. The van der Waals surface area contributed by atoms with Crippen molar-refractivity contribution in [1.82, 2.24) is 10.6 Å². The maximum atomic E-state index is 11.6. The molecule has 1 rings (SSSR count). The Kier molecular flexibility index (Phi) is 5.44.